The molecule has 0 bridgehead atoms. The second kappa shape index (κ2) is 5.15. The van der Waals surface area contributed by atoms with E-state index in [2.05, 4.69) is 46.4 Å². The van der Waals surface area contributed by atoms with Crippen LogP contribution in [0.15, 0.2) is 12.1 Å². The highest BCUT2D eigenvalue weighted by Gasteiger charge is 2.17. The maximum atomic E-state index is 4.41. The van der Waals surface area contributed by atoms with Crippen LogP contribution in [0.3, 0.4) is 0 Å². The third-order valence-electron chi connectivity index (χ3n) is 3.15. The van der Waals surface area contributed by atoms with E-state index in [1.807, 2.05) is 12.1 Å². The van der Waals surface area contributed by atoms with Gasteiger partial charge in [-0.25, -0.2) is 0 Å². The molecule has 18 heavy (non-hydrogen) atoms. The van der Waals surface area contributed by atoms with Crippen molar-refractivity contribution in [3.05, 3.63) is 12.1 Å². The van der Waals surface area contributed by atoms with Gasteiger partial charge in [-0.05, 0) is 22.6 Å². The molecule has 2 aromatic heterocycles. The van der Waals surface area contributed by atoms with E-state index in [0.29, 0.717) is 5.65 Å². The number of halogens is 1. The van der Waals surface area contributed by atoms with Crippen LogP contribution in [0, 0.1) is 0 Å². The summed E-state index contributed by atoms with van der Waals surface area (Å²) in [5.41, 5.74) is 0.677. The Hall–Kier alpha value is -1.28. The molecule has 1 aliphatic rings. The lowest BCUT2D eigenvalue weighted by Crippen LogP contribution is -2.47. The van der Waals surface area contributed by atoms with Gasteiger partial charge in [0.1, 0.15) is 0 Å². The van der Waals surface area contributed by atoms with Crippen molar-refractivity contribution in [1.29, 1.82) is 0 Å². The summed E-state index contributed by atoms with van der Waals surface area (Å²) >= 11 is 3.47. The third kappa shape index (κ3) is 2.30. The number of hydrogen-bond acceptors (Lipinski definition) is 6. The van der Waals surface area contributed by atoms with Crippen molar-refractivity contribution in [3.8, 4) is 0 Å². The summed E-state index contributed by atoms with van der Waals surface area (Å²) < 4.78 is 1.47. The maximum Gasteiger partial charge on any atom is 0.200 e. The number of rotatable bonds is 3. The first kappa shape index (κ1) is 11.8. The van der Waals surface area contributed by atoms with Crippen molar-refractivity contribution in [3.63, 3.8) is 0 Å². The summed E-state index contributed by atoms with van der Waals surface area (Å²) in [7, 11) is 0. The topological polar surface area (TPSA) is 62.5 Å². The molecule has 1 aliphatic heterocycles. The van der Waals surface area contributed by atoms with Crippen molar-refractivity contribution >= 4 is 27.4 Å². The van der Waals surface area contributed by atoms with E-state index in [1.165, 1.54) is 4.63 Å². The Morgan fingerprint density at radius 1 is 1.17 bits per heavy atom. The average Bonchev–Trinajstić information content (AvgIpc) is 2.87. The minimum Gasteiger partial charge on any atom is -0.353 e. The summed E-state index contributed by atoms with van der Waals surface area (Å²) in [6.45, 7) is 5.23. The predicted molar refractivity (Wildman–Crippen MR) is 71.0 cm³/mol. The summed E-state index contributed by atoms with van der Waals surface area (Å²) in [4.78, 5) is 4.71. The zero-order valence-electron chi connectivity index (χ0n) is 9.91. The summed E-state index contributed by atoms with van der Waals surface area (Å²) in [5.74, 6) is 0.938. The molecule has 3 rings (SSSR count). The molecule has 2 aromatic rings. The molecule has 0 amide bonds. The predicted octanol–water partition coefficient (Wildman–Crippen LogP) is 0.0362. The fourth-order valence-corrected chi connectivity index (χ4v) is 2.63. The summed E-state index contributed by atoms with van der Waals surface area (Å²) in [6.07, 6.45) is 0. The van der Waals surface area contributed by atoms with E-state index in [1.54, 1.807) is 0 Å². The van der Waals surface area contributed by atoms with E-state index in [9.17, 15) is 0 Å². The van der Waals surface area contributed by atoms with Crippen LogP contribution in [0.25, 0.3) is 5.65 Å². The molecule has 0 aromatic carbocycles. The summed E-state index contributed by atoms with van der Waals surface area (Å²) in [5, 5.41) is 16.7. The van der Waals surface area contributed by atoms with Gasteiger partial charge in [-0.1, -0.05) is 15.9 Å². The van der Waals surface area contributed by atoms with Crippen molar-refractivity contribution in [1.82, 2.24) is 30.2 Å². The lowest BCUT2D eigenvalue weighted by molar-refractivity contribution is 0.273. The largest absolute Gasteiger partial charge is 0.353 e. The highest BCUT2D eigenvalue weighted by Crippen LogP contribution is 2.13. The minimum absolute atomic E-state index is 0.677. The van der Waals surface area contributed by atoms with Gasteiger partial charge in [0.05, 0.1) is 0 Å². The highest BCUT2D eigenvalue weighted by molar-refractivity contribution is 9.09. The standard InChI is InChI=1S/C10H14BrN7/c11-3-4-16-5-7-17(8-6-16)10-2-1-9-12-14-15-18(9)13-10/h1-2H,3-8H2. The lowest BCUT2D eigenvalue weighted by Gasteiger charge is -2.34. The number of piperazine rings is 1. The highest BCUT2D eigenvalue weighted by atomic mass is 79.9. The van der Waals surface area contributed by atoms with Gasteiger partial charge in [0.25, 0.3) is 0 Å². The van der Waals surface area contributed by atoms with E-state index >= 15 is 0 Å². The van der Waals surface area contributed by atoms with Crippen LogP contribution in [-0.2, 0) is 0 Å². The van der Waals surface area contributed by atoms with Gasteiger partial charge in [-0.15, -0.1) is 14.8 Å². The van der Waals surface area contributed by atoms with Crippen LogP contribution in [0.1, 0.15) is 0 Å². The number of nitrogens with zero attached hydrogens (tertiary/aromatic N) is 7. The average molecular weight is 312 g/mol. The van der Waals surface area contributed by atoms with Crippen LogP contribution in [0.2, 0.25) is 0 Å². The Balaban J connectivity index is 1.71. The lowest BCUT2D eigenvalue weighted by atomic mass is 10.3. The van der Waals surface area contributed by atoms with E-state index in [0.717, 1.165) is 43.9 Å². The molecule has 0 N–H and O–H groups in total. The summed E-state index contributed by atoms with van der Waals surface area (Å²) in [6, 6.07) is 3.87. The molecule has 0 saturated carbocycles. The number of anilines is 1. The van der Waals surface area contributed by atoms with Gasteiger partial charge < -0.3 is 4.90 Å². The maximum absolute atomic E-state index is 4.41. The van der Waals surface area contributed by atoms with Gasteiger partial charge in [0.2, 0.25) is 0 Å². The fraction of sp³-hybridized carbons (Fsp3) is 0.600. The minimum atomic E-state index is 0.677. The first-order valence-electron chi connectivity index (χ1n) is 5.95. The molecular weight excluding hydrogens is 298 g/mol. The Morgan fingerprint density at radius 2 is 2.00 bits per heavy atom. The van der Waals surface area contributed by atoms with Gasteiger partial charge in [0.15, 0.2) is 11.5 Å². The molecule has 1 fully saturated rings. The van der Waals surface area contributed by atoms with Crippen LogP contribution < -0.4 is 4.90 Å². The van der Waals surface area contributed by atoms with Gasteiger partial charge in [0, 0.05) is 38.1 Å². The monoisotopic (exact) mass is 311 g/mol. The number of alkyl halides is 1. The first-order valence-corrected chi connectivity index (χ1v) is 7.07. The second-order valence-electron chi connectivity index (χ2n) is 4.24. The molecule has 8 heteroatoms. The third-order valence-corrected chi connectivity index (χ3v) is 3.51. The normalized spacial score (nSPS) is 17.5. The molecule has 3 heterocycles. The number of tetrazole rings is 1. The van der Waals surface area contributed by atoms with E-state index in [4.69, 9.17) is 0 Å². The van der Waals surface area contributed by atoms with Crippen molar-refractivity contribution in [2.75, 3.05) is 43.0 Å². The molecule has 96 valence electrons. The Bertz CT molecular complexity index is 520. The molecule has 0 radical (unpaired) electrons. The van der Waals surface area contributed by atoms with Crippen LogP contribution in [0.5, 0.6) is 0 Å². The molecule has 0 atom stereocenters. The van der Waals surface area contributed by atoms with Gasteiger partial charge in [-0.3, -0.25) is 4.90 Å². The molecule has 0 unspecified atom stereocenters. The molecule has 0 spiro atoms. The van der Waals surface area contributed by atoms with Crippen LogP contribution in [-0.4, -0.2) is 68.2 Å². The quantitative estimate of drug-likeness (QED) is 0.746. The molecular formula is C10H14BrN7. The number of fused-ring (bicyclic) bond motifs is 1. The first-order chi connectivity index (χ1) is 8.86. The van der Waals surface area contributed by atoms with Crippen molar-refractivity contribution < 1.29 is 0 Å². The van der Waals surface area contributed by atoms with Gasteiger partial charge in [-0.2, -0.15) is 0 Å². The number of hydrogen-bond donors (Lipinski definition) is 0. The molecule has 7 nitrogen and oxygen atoms in total. The molecule has 0 aliphatic carbocycles. The number of aromatic nitrogens is 5. The molecule has 1 saturated heterocycles. The Labute approximate surface area is 113 Å². The van der Waals surface area contributed by atoms with Gasteiger partial charge >= 0.3 is 0 Å². The van der Waals surface area contributed by atoms with E-state index in [-0.39, 0.29) is 0 Å². The van der Waals surface area contributed by atoms with E-state index < -0.39 is 0 Å². The van der Waals surface area contributed by atoms with Crippen LogP contribution in [0.4, 0.5) is 5.82 Å². The zero-order chi connectivity index (χ0) is 12.4. The zero-order valence-corrected chi connectivity index (χ0v) is 11.5. The fourth-order valence-electron chi connectivity index (χ4n) is 2.13. The van der Waals surface area contributed by atoms with Crippen LogP contribution >= 0.6 is 15.9 Å². The van der Waals surface area contributed by atoms with Crippen molar-refractivity contribution in [2.24, 2.45) is 0 Å². The Morgan fingerprint density at radius 3 is 2.78 bits per heavy atom. The van der Waals surface area contributed by atoms with Crippen molar-refractivity contribution in [2.45, 2.75) is 0 Å². The smallest absolute Gasteiger partial charge is 0.200 e. The Kier molecular flexibility index (Phi) is 3.37. The SMILES string of the molecule is BrCCN1CCN(c2ccc3nnnn3n2)CC1. The second-order valence-corrected chi connectivity index (χ2v) is 5.03.